The Kier molecular flexibility index (Phi) is 5.48. The fourth-order valence-electron chi connectivity index (χ4n) is 3.36. The van der Waals surface area contributed by atoms with E-state index in [-0.39, 0.29) is 5.91 Å². The van der Waals surface area contributed by atoms with Crippen molar-refractivity contribution in [2.24, 2.45) is 0 Å². The van der Waals surface area contributed by atoms with Crippen LogP contribution in [0.2, 0.25) is 0 Å². The van der Waals surface area contributed by atoms with Crippen molar-refractivity contribution in [1.29, 1.82) is 0 Å². The molecule has 5 nitrogen and oxygen atoms in total. The van der Waals surface area contributed by atoms with Crippen LogP contribution in [0.5, 0.6) is 17.2 Å². The lowest BCUT2D eigenvalue weighted by atomic mass is 9.91. The largest absolute Gasteiger partial charge is 0.493 e. The van der Waals surface area contributed by atoms with E-state index in [4.69, 9.17) is 14.2 Å². The van der Waals surface area contributed by atoms with Crippen molar-refractivity contribution in [3.05, 3.63) is 40.1 Å². The monoisotopic (exact) mass is 361 g/mol. The predicted octanol–water partition coefficient (Wildman–Crippen LogP) is 3.79. The number of carbonyl (C=O) groups excluding carboxylic acids is 1. The minimum Gasteiger partial charge on any atom is -0.493 e. The lowest BCUT2D eigenvalue weighted by molar-refractivity contribution is 0.0709. The number of benzene rings is 1. The highest BCUT2D eigenvalue weighted by molar-refractivity contribution is 7.07. The molecule has 1 aliphatic rings. The number of ether oxygens (including phenoxy) is 3. The van der Waals surface area contributed by atoms with E-state index in [1.54, 1.807) is 37.7 Å². The molecule has 0 unspecified atom stereocenters. The van der Waals surface area contributed by atoms with E-state index >= 15 is 0 Å². The van der Waals surface area contributed by atoms with Gasteiger partial charge >= 0.3 is 0 Å². The molecule has 1 amide bonds. The highest BCUT2D eigenvalue weighted by Crippen LogP contribution is 2.40. The maximum absolute atomic E-state index is 13.0. The summed E-state index contributed by atoms with van der Waals surface area (Å²) in [6.07, 6.45) is 1.97. The van der Waals surface area contributed by atoms with Crippen molar-refractivity contribution in [2.75, 3.05) is 34.4 Å². The Bertz CT molecular complexity index is 721. The Hall–Kier alpha value is -2.21. The molecule has 2 heterocycles. The molecule has 25 heavy (non-hydrogen) atoms. The maximum Gasteiger partial charge on any atom is 0.257 e. The summed E-state index contributed by atoms with van der Waals surface area (Å²) >= 11 is 1.73. The van der Waals surface area contributed by atoms with Gasteiger partial charge in [-0.2, -0.15) is 11.3 Å². The molecule has 6 heteroatoms. The lowest BCUT2D eigenvalue weighted by Crippen LogP contribution is -2.38. The topological polar surface area (TPSA) is 48.0 Å². The first-order chi connectivity index (χ1) is 12.2. The van der Waals surface area contributed by atoms with Crippen LogP contribution in [0.1, 0.15) is 34.7 Å². The van der Waals surface area contributed by atoms with E-state index in [0.717, 1.165) is 25.9 Å². The molecule has 3 rings (SSSR count). The minimum absolute atomic E-state index is 0.0263. The number of nitrogens with zero attached hydrogens (tertiary/aromatic N) is 1. The average molecular weight is 361 g/mol. The second-order valence-corrected chi connectivity index (χ2v) is 6.79. The fourth-order valence-corrected chi connectivity index (χ4v) is 4.11. The third kappa shape index (κ3) is 3.44. The number of rotatable bonds is 5. The molecule has 0 spiro atoms. The van der Waals surface area contributed by atoms with Crippen molar-refractivity contribution < 1.29 is 19.0 Å². The van der Waals surface area contributed by atoms with Crippen LogP contribution in [-0.2, 0) is 0 Å². The molecule has 0 bridgehead atoms. The van der Waals surface area contributed by atoms with Crippen molar-refractivity contribution in [3.8, 4) is 17.2 Å². The van der Waals surface area contributed by atoms with Gasteiger partial charge in [0.25, 0.3) is 5.91 Å². The van der Waals surface area contributed by atoms with Crippen LogP contribution in [0.15, 0.2) is 29.0 Å². The number of piperidine rings is 1. The fraction of sp³-hybridized carbons (Fsp3) is 0.421. The Morgan fingerprint density at radius 3 is 2.32 bits per heavy atom. The van der Waals surface area contributed by atoms with Gasteiger partial charge in [-0.25, -0.2) is 0 Å². The first kappa shape index (κ1) is 17.6. The van der Waals surface area contributed by atoms with Crippen LogP contribution in [0.25, 0.3) is 0 Å². The third-order valence-electron chi connectivity index (χ3n) is 4.73. The molecule has 1 aromatic heterocycles. The molecule has 1 saturated heterocycles. The summed E-state index contributed by atoms with van der Waals surface area (Å²) in [5, 5.41) is 4.32. The van der Waals surface area contributed by atoms with Crippen molar-refractivity contribution in [1.82, 2.24) is 4.90 Å². The number of hydrogen-bond acceptors (Lipinski definition) is 5. The third-order valence-corrected chi connectivity index (χ3v) is 5.43. The number of methoxy groups -OCH3 is 3. The summed E-state index contributed by atoms with van der Waals surface area (Å²) in [5.41, 5.74) is 1.90. The average Bonchev–Trinajstić information content (AvgIpc) is 3.21. The second-order valence-electron chi connectivity index (χ2n) is 6.01. The van der Waals surface area contributed by atoms with Crippen LogP contribution >= 0.6 is 11.3 Å². The van der Waals surface area contributed by atoms with Crippen LogP contribution in [0.4, 0.5) is 0 Å². The SMILES string of the molecule is COc1ccc(C(=O)N2CCC(c3ccsc3)CC2)c(OC)c1OC. The van der Waals surface area contributed by atoms with Crippen LogP contribution in [0.3, 0.4) is 0 Å². The van der Waals surface area contributed by atoms with Gasteiger partial charge in [-0.05, 0) is 53.3 Å². The summed E-state index contributed by atoms with van der Waals surface area (Å²) < 4.78 is 16.1. The smallest absolute Gasteiger partial charge is 0.257 e. The van der Waals surface area contributed by atoms with E-state index < -0.39 is 0 Å². The van der Waals surface area contributed by atoms with Gasteiger partial charge in [-0.3, -0.25) is 4.79 Å². The van der Waals surface area contributed by atoms with Crippen molar-refractivity contribution >= 4 is 17.2 Å². The van der Waals surface area contributed by atoms with E-state index in [1.807, 2.05) is 4.90 Å². The van der Waals surface area contributed by atoms with Crippen LogP contribution in [0, 0.1) is 0 Å². The number of hydrogen-bond donors (Lipinski definition) is 0. The molecule has 2 aromatic rings. The van der Waals surface area contributed by atoms with Crippen LogP contribution in [-0.4, -0.2) is 45.2 Å². The zero-order chi connectivity index (χ0) is 17.8. The Balaban J connectivity index is 1.78. The molecule has 1 aromatic carbocycles. The molecule has 0 N–H and O–H groups in total. The van der Waals surface area contributed by atoms with Gasteiger partial charge in [0.05, 0.1) is 26.9 Å². The number of carbonyl (C=O) groups is 1. The summed E-state index contributed by atoms with van der Waals surface area (Å²) in [7, 11) is 4.64. The molecule has 0 saturated carbocycles. The lowest BCUT2D eigenvalue weighted by Gasteiger charge is -2.32. The molecule has 0 aliphatic carbocycles. The summed E-state index contributed by atoms with van der Waals surface area (Å²) in [5.74, 6) is 1.94. The summed E-state index contributed by atoms with van der Waals surface area (Å²) in [6, 6.07) is 5.67. The van der Waals surface area contributed by atoms with E-state index in [9.17, 15) is 4.79 Å². The highest BCUT2D eigenvalue weighted by Gasteiger charge is 2.28. The van der Waals surface area contributed by atoms with E-state index in [0.29, 0.717) is 28.7 Å². The Labute approximate surface area is 152 Å². The summed E-state index contributed by atoms with van der Waals surface area (Å²) in [4.78, 5) is 14.9. The predicted molar refractivity (Wildman–Crippen MR) is 98.3 cm³/mol. The first-order valence-electron chi connectivity index (χ1n) is 8.30. The molecule has 1 fully saturated rings. The highest BCUT2D eigenvalue weighted by atomic mass is 32.1. The van der Waals surface area contributed by atoms with E-state index in [2.05, 4.69) is 16.8 Å². The zero-order valence-electron chi connectivity index (χ0n) is 14.8. The standard InChI is InChI=1S/C19H23NO4S/c1-22-16-5-4-15(17(23-2)18(16)24-3)19(21)20-9-6-13(7-10-20)14-8-11-25-12-14/h4-5,8,11-13H,6-7,9-10H2,1-3H3. The molecule has 134 valence electrons. The number of amides is 1. The van der Waals surface area contributed by atoms with Crippen molar-refractivity contribution in [3.63, 3.8) is 0 Å². The van der Waals surface area contributed by atoms with Gasteiger partial charge in [-0.1, -0.05) is 0 Å². The number of thiophene rings is 1. The second kappa shape index (κ2) is 7.78. The normalized spacial score (nSPS) is 15.1. The van der Waals surface area contributed by atoms with Gasteiger partial charge in [0.1, 0.15) is 0 Å². The molecular weight excluding hydrogens is 338 g/mol. The summed E-state index contributed by atoms with van der Waals surface area (Å²) in [6.45, 7) is 1.49. The maximum atomic E-state index is 13.0. The molecule has 0 radical (unpaired) electrons. The van der Waals surface area contributed by atoms with Gasteiger partial charge < -0.3 is 19.1 Å². The molecule has 0 atom stereocenters. The van der Waals surface area contributed by atoms with Gasteiger partial charge in [0.2, 0.25) is 5.75 Å². The quantitative estimate of drug-likeness (QED) is 0.813. The van der Waals surface area contributed by atoms with Crippen molar-refractivity contribution in [2.45, 2.75) is 18.8 Å². The Morgan fingerprint density at radius 1 is 1.04 bits per heavy atom. The minimum atomic E-state index is -0.0263. The molecule has 1 aliphatic heterocycles. The van der Waals surface area contributed by atoms with Gasteiger partial charge in [0, 0.05) is 13.1 Å². The first-order valence-corrected chi connectivity index (χ1v) is 9.24. The Morgan fingerprint density at radius 2 is 1.76 bits per heavy atom. The zero-order valence-corrected chi connectivity index (χ0v) is 15.6. The van der Waals surface area contributed by atoms with Crippen LogP contribution < -0.4 is 14.2 Å². The van der Waals surface area contributed by atoms with Gasteiger partial charge in [-0.15, -0.1) is 0 Å². The van der Waals surface area contributed by atoms with Gasteiger partial charge in [0.15, 0.2) is 11.5 Å². The van der Waals surface area contributed by atoms with E-state index in [1.165, 1.54) is 12.7 Å². The molecular formula is C19H23NO4S. The number of likely N-dealkylation sites (tertiary alicyclic amines) is 1.